The fraction of sp³-hybridized carbons (Fsp3) is 0.241. The van der Waals surface area contributed by atoms with E-state index in [9.17, 15) is 14.7 Å². The molecule has 1 aliphatic heterocycles. The third-order valence-electron chi connectivity index (χ3n) is 5.79. The standard InChI is InChI=1S/C29H29NO5/c1-4-15-35-24-14-8-11-21(18-24)27(31)25-26(20-10-7-13-23(17-20)34-5-2)30(29(33)28(25)32)22-12-6-9-19(3)16-22/h6-14,16-18,26,31H,4-5,15H2,1-3H3/b27-25+. The molecule has 0 aliphatic carbocycles. The summed E-state index contributed by atoms with van der Waals surface area (Å²) in [6.07, 6.45) is 0.841. The van der Waals surface area contributed by atoms with Crippen LogP contribution in [0.3, 0.4) is 0 Å². The average molecular weight is 472 g/mol. The molecule has 1 unspecified atom stereocenters. The number of Topliss-reactive ketones (excluding diaryl/α,β-unsaturated/α-hetero) is 1. The molecule has 180 valence electrons. The number of aliphatic hydroxyl groups excluding tert-OH is 1. The van der Waals surface area contributed by atoms with Crippen LogP contribution in [0.5, 0.6) is 11.5 Å². The number of ketones is 1. The fourth-order valence-corrected chi connectivity index (χ4v) is 4.24. The summed E-state index contributed by atoms with van der Waals surface area (Å²) in [5.74, 6) is -0.473. The molecule has 0 spiro atoms. The van der Waals surface area contributed by atoms with E-state index >= 15 is 0 Å². The topological polar surface area (TPSA) is 76.1 Å². The largest absolute Gasteiger partial charge is 0.507 e. The van der Waals surface area contributed by atoms with Crippen LogP contribution in [-0.4, -0.2) is 30.0 Å². The highest BCUT2D eigenvalue weighted by Crippen LogP contribution is 2.43. The van der Waals surface area contributed by atoms with Gasteiger partial charge in [0.1, 0.15) is 17.3 Å². The van der Waals surface area contributed by atoms with Crippen molar-refractivity contribution in [2.75, 3.05) is 18.1 Å². The number of carbonyl (C=O) groups excluding carboxylic acids is 2. The Kier molecular flexibility index (Phi) is 7.20. The van der Waals surface area contributed by atoms with E-state index < -0.39 is 17.7 Å². The SMILES string of the molecule is CCCOc1cccc(/C(O)=C2\C(=O)C(=O)N(c3cccc(C)c3)C2c2cccc(OCC)c2)c1. The Hall–Kier alpha value is -4.06. The fourth-order valence-electron chi connectivity index (χ4n) is 4.24. The molecule has 0 bridgehead atoms. The number of ether oxygens (including phenoxy) is 2. The second kappa shape index (κ2) is 10.5. The van der Waals surface area contributed by atoms with Crippen molar-refractivity contribution in [2.45, 2.75) is 33.2 Å². The number of carbonyl (C=O) groups is 2. The first-order valence-electron chi connectivity index (χ1n) is 11.8. The van der Waals surface area contributed by atoms with Crippen molar-refractivity contribution in [1.82, 2.24) is 0 Å². The van der Waals surface area contributed by atoms with Gasteiger partial charge < -0.3 is 14.6 Å². The Morgan fingerprint density at radius 2 is 1.63 bits per heavy atom. The van der Waals surface area contributed by atoms with E-state index in [4.69, 9.17) is 9.47 Å². The number of nitrogens with zero attached hydrogens (tertiary/aromatic N) is 1. The number of amides is 1. The summed E-state index contributed by atoms with van der Waals surface area (Å²) in [5, 5.41) is 11.4. The summed E-state index contributed by atoms with van der Waals surface area (Å²) >= 11 is 0. The van der Waals surface area contributed by atoms with Crippen LogP contribution in [-0.2, 0) is 9.59 Å². The van der Waals surface area contributed by atoms with Crippen LogP contribution in [0.1, 0.15) is 43.0 Å². The number of hydrogen-bond donors (Lipinski definition) is 1. The number of hydrogen-bond acceptors (Lipinski definition) is 5. The van der Waals surface area contributed by atoms with Crippen LogP contribution >= 0.6 is 0 Å². The van der Waals surface area contributed by atoms with Gasteiger partial charge in [0.15, 0.2) is 0 Å². The average Bonchev–Trinajstić information content (AvgIpc) is 3.13. The van der Waals surface area contributed by atoms with E-state index in [1.165, 1.54) is 4.90 Å². The van der Waals surface area contributed by atoms with Gasteiger partial charge in [-0.3, -0.25) is 14.5 Å². The molecule has 1 aliphatic rings. The van der Waals surface area contributed by atoms with Crippen LogP contribution in [0.15, 0.2) is 78.4 Å². The van der Waals surface area contributed by atoms with Crippen LogP contribution in [0.2, 0.25) is 0 Å². The van der Waals surface area contributed by atoms with Gasteiger partial charge in [-0.2, -0.15) is 0 Å². The van der Waals surface area contributed by atoms with E-state index in [0.717, 1.165) is 12.0 Å². The summed E-state index contributed by atoms with van der Waals surface area (Å²) in [7, 11) is 0. The second-order valence-electron chi connectivity index (χ2n) is 8.39. The molecule has 6 nitrogen and oxygen atoms in total. The van der Waals surface area contributed by atoms with Crippen molar-refractivity contribution in [3.63, 3.8) is 0 Å². The minimum absolute atomic E-state index is 0.0257. The predicted octanol–water partition coefficient (Wildman–Crippen LogP) is 5.81. The summed E-state index contributed by atoms with van der Waals surface area (Å²) in [6.45, 7) is 6.83. The normalized spacial score (nSPS) is 17.0. The third-order valence-corrected chi connectivity index (χ3v) is 5.79. The molecular weight excluding hydrogens is 442 g/mol. The maximum absolute atomic E-state index is 13.4. The Bertz CT molecular complexity index is 1280. The lowest BCUT2D eigenvalue weighted by molar-refractivity contribution is -0.132. The highest BCUT2D eigenvalue weighted by molar-refractivity contribution is 6.51. The lowest BCUT2D eigenvalue weighted by Gasteiger charge is -2.26. The molecule has 1 fully saturated rings. The lowest BCUT2D eigenvalue weighted by atomic mass is 9.95. The third kappa shape index (κ3) is 4.92. The predicted molar refractivity (Wildman–Crippen MR) is 136 cm³/mol. The number of benzene rings is 3. The molecule has 1 heterocycles. The maximum atomic E-state index is 13.4. The van der Waals surface area contributed by atoms with Gasteiger partial charge in [0.2, 0.25) is 0 Å². The number of aliphatic hydroxyl groups is 1. The van der Waals surface area contributed by atoms with Crippen molar-refractivity contribution in [3.05, 3.63) is 95.1 Å². The van der Waals surface area contributed by atoms with E-state index in [2.05, 4.69) is 0 Å². The van der Waals surface area contributed by atoms with Gasteiger partial charge in [0.05, 0.1) is 24.8 Å². The molecule has 1 atom stereocenters. The molecule has 3 aromatic carbocycles. The molecule has 35 heavy (non-hydrogen) atoms. The first-order chi connectivity index (χ1) is 16.9. The summed E-state index contributed by atoms with van der Waals surface area (Å²) in [5.41, 5.74) is 2.63. The zero-order chi connectivity index (χ0) is 24.9. The zero-order valence-corrected chi connectivity index (χ0v) is 20.2. The molecule has 0 aromatic heterocycles. The van der Waals surface area contributed by atoms with Crippen molar-refractivity contribution < 1.29 is 24.2 Å². The summed E-state index contributed by atoms with van der Waals surface area (Å²) < 4.78 is 11.4. The molecule has 0 radical (unpaired) electrons. The second-order valence-corrected chi connectivity index (χ2v) is 8.39. The molecule has 1 saturated heterocycles. The highest BCUT2D eigenvalue weighted by Gasteiger charge is 2.47. The monoisotopic (exact) mass is 471 g/mol. The molecule has 6 heteroatoms. The molecule has 3 aromatic rings. The Morgan fingerprint density at radius 3 is 2.34 bits per heavy atom. The van der Waals surface area contributed by atoms with Crippen molar-refractivity contribution in [2.24, 2.45) is 0 Å². The van der Waals surface area contributed by atoms with Gasteiger partial charge in [0, 0.05) is 11.3 Å². The van der Waals surface area contributed by atoms with E-state index in [-0.39, 0.29) is 11.3 Å². The molecular formula is C29H29NO5. The molecule has 1 N–H and O–H groups in total. The first kappa shape index (κ1) is 24.1. The van der Waals surface area contributed by atoms with Crippen LogP contribution in [0.25, 0.3) is 5.76 Å². The first-order valence-corrected chi connectivity index (χ1v) is 11.8. The van der Waals surface area contributed by atoms with E-state index in [1.807, 2.05) is 57.2 Å². The van der Waals surface area contributed by atoms with Gasteiger partial charge >= 0.3 is 0 Å². The molecule has 1 amide bonds. The smallest absolute Gasteiger partial charge is 0.300 e. The number of anilines is 1. The minimum Gasteiger partial charge on any atom is -0.507 e. The van der Waals surface area contributed by atoms with Gasteiger partial charge in [-0.25, -0.2) is 0 Å². The zero-order valence-electron chi connectivity index (χ0n) is 20.2. The van der Waals surface area contributed by atoms with Gasteiger partial charge in [-0.05, 0) is 67.8 Å². The molecule has 4 rings (SSSR count). The van der Waals surface area contributed by atoms with E-state index in [0.29, 0.717) is 41.5 Å². The van der Waals surface area contributed by atoms with Crippen molar-refractivity contribution >= 4 is 23.1 Å². The number of aryl methyl sites for hydroxylation is 1. The van der Waals surface area contributed by atoms with Crippen LogP contribution in [0, 0.1) is 6.92 Å². The van der Waals surface area contributed by atoms with Crippen molar-refractivity contribution in [1.29, 1.82) is 0 Å². The van der Waals surface area contributed by atoms with Gasteiger partial charge in [-0.1, -0.05) is 43.3 Å². The van der Waals surface area contributed by atoms with Gasteiger partial charge in [0.25, 0.3) is 11.7 Å². The summed E-state index contributed by atoms with van der Waals surface area (Å²) in [4.78, 5) is 28.2. The van der Waals surface area contributed by atoms with Crippen LogP contribution < -0.4 is 14.4 Å². The van der Waals surface area contributed by atoms with Crippen LogP contribution in [0.4, 0.5) is 5.69 Å². The quantitative estimate of drug-likeness (QED) is 0.255. The highest BCUT2D eigenvalue weighted by atomic mass is 16.5. The minimum atomic E-state index is -0.822. The van der Waals surface area contributed by atoms with Crippen molar-refractivity contribution in [3.8, 4) is 11.5 Å². The van der Waals surface area contributed by atoms with Gasteiger partial charge in [-0.15, -0.1) is 0 Å². The Morgan fingerprint density at radius 1 is 0.914 bits per heavy atom. The lowest BCUT2D eigenvalue weighted by Crippen LogP contribution is -2.29. The van der Waals surface area contributed by atoms with E-state index in [1.54, 1.807) is 36.4 Å². The molecule has 0 saturated carbocycles. The Labute approximate surface area is 205 Å². The summed E-state index contributed by atoms with van der Waals surface area (Å²) in [6, 6.07) is 20.8. The maximum Gasteiger partial charge on any atom is 0.300 e. The number of rotatable bonds is 8. The Balaban J connectivity index is 1.90.